The maximum Gasteiger partial charge on any atom is 0.160 e. The van der Waals surface area contributed by atoms with E-state index in [0.717, 1.165) is 37.1 Å². The van der Waals surface area contributed by atoms with Gasteiger partial charge in [-0.3, -0.25) is 4.79 Å². The van der Waals surface area contributed by atoms with E-state index in [0.29, 0.717) is 13.0 Å². The Kier molecular flexibility index (Phi) is 3.57. The van der Waals surface area contributed by atoms with Gasteiger partial charge in [0.05, 0.1) is 12.1 Å². The monoisotopic (exact) mass is 288 g/mol. The van der Waals surface area contributed by atoms with Gasteiger partial charge in [0.25, 0.3) is 0 Å². The van der Waals surface area contributed by atoms with E-state index in [2.05, 4.69) is 16.6 Å². The van der Waals surface area contributed by atoms with Crippen LogP contribution in [0.15, 0.2) is 36.5 Å². The molecule has 21 heavy (non-hydrogen) atoms. The zero-order valence-electron chi connectivity index (χ0n) is 12.4. The number of nitrogens with zero attached hydrogens (tertiary/aromatic N) is 2. The molecule has 1 atom stereocenters. The molecule has 3 nitrogen and oxygen atoms in total. The molecule has 0 radical (unpaired) electrons. The van der Waals surface area contributed by atoms with Gasteiger partial charge in [0.1, 0.15) is 5.82 Å². The second kappa shape index (κ2) is 5.26. The summed E-state index contributed by atoms with van der Waals surface area (Å²) in [5.41, 5.74) is 1.29. The van der Waals surface area contributed by atoms with Gasteiger partial charge in [0.2, 0.25) is 0 Å². The fraction of sp³-hybridized carbons (Fsp3) is 0.471. The van der Waals surface area contributed by atoms with Gasteiger partial charge in [-0.05, 0) is 43.9 Å². The largest absolute Gasteiger partial charge is 0.305 e. The molecule has 1 aromatic carbocycles. The normalized spacial score (nSPS) is 26.9. The summed E-state index contributed by atoms with van der Waals surface area (Å²) in [5.74, 6) is 0.0234. The lowest BCUT2D eigenvalue weighted by atomic mass is 9.82. The minimum absolute atomic E-state index is 0.229. The van der Waals surface area contributed by atoms with Crippen LogP contribution in [-0.2, 0) is 11.3 Å². The quantitative estimate of drug-likeness (QED) is 0.834. The van der Waals surface area contributed by atoms with E-state index >= 15 is 0 Å². The highest BCUT2D eigenvalue weighted by atomic mass is 19.1. The van der Waals surface area contributed by atoms with Crippen molar-refractivity contribution in [2.45, 2.75) is 44.7 Å². The number of halogens is 1. The number of Topliss-reactive ketones (excluding diaryl/α,β-unsaturated/α-hetero) is 1. The molecule has 2 aliphatic heterocycles. The first-order valence-electron chi connectivity index (χ1n) is 7.51. The summed E-state index contributed by atoms with van der Waals surface area (Å²) in [6.45, 7) is 7.51. The third-order valence-corrected chi connectivity index (χ3v) is 4.70. The molecule has 2 heterocycles. The average Bonchev–Trinajstić information content (AvgIpc) is 2.44. The molecule has 0 bridgehead atoms. The van der Waals surface area contributed by atoms with Gasteiger partial charge in [0.15, 0.2) is 5.78 Å². The maximum absolute atomic E-state index is 13.4. The van der Waals surface area contributed by atoms with Crippen molar-refractivity contribution in [1.29, 1.82) is 0 Å². The van der Waals surface area contributed by atoms with Crippen molar-refractivity contribution in [3.63, 3.8) is 0 Å². The van der Waals surface area contributed by atoms with Crippen molar-refractivity contribution in [2.24, 2.45) is 0 Å². The van der Waals surface area contributed by atoms with Crippen LogP contribution in [0.3, 0.4) is 0 Å². The Balaban J connectivity index is 1.89. The molecule has 1 aromatic rings. The molecule has 0 N–H and O–H groups in total. The van der Waals surface area contributed by atoms with E-state index < -0.39 is 5.54 Å². The van der Waals surface area contributed by atoms with Gasteiger partial charge >= 0.3 is 0 Å². The number of hydrogen-bond donors (Lipinski definition) is 0. The summed E-state index contributed by atoms with van der Waals surface area (Å²) in [6.07, 6.45) is 3.44. The number of rotatable bonds is 2. The van der Waals surface area contributed by atoms with Crippen molar-refractivity contribution < 1.29 is 9.18 Å². The first-order valence-corrected chi connectivity index (χ1v) is 7.51. The number of allylic oxidation sites excluding steroid dienone is 1. The van der Waals surface area contributed by atoms with Gasteiger partial charge in [-0.1, -0.05) is 18.7 Å². The standard InChI is InChI=1S/C17H21FN2O/c1-13-10-16(21)17(2)8-3-4-9-20(17)19(13)12-14-6-5-7-15(18)11-14/h5-7,11H,1,3-4,8-10,12H2,2H3. The minimum atomic E-state index is -0.424. The highest BCUT2D eigenvalue weighted by molar-refractivity contribution is 5.90. The Labute approximate surface area is 125 Å². The lowest BCUT2D eigenvalue weighted by molar-refractivity contribution is -0.163. The van der Waals surface area contributed by atoms with Crippen LogP contribution in [0, 0.1) is 5.82 Å². The summed E-state index contributed by atoms with van der Waals surface area (Å²) in [6, 6.07) is 6.63. The van der Waals surface area contributed by atoms with E-state index in [1.807, 2.05) is 13.0 Å². The first-order chi connectivity index (χ1) is 10.0. The number of hydrazine groups is 1. The van der Waals surface area contributed by atoms with Crippen LogP contribution < -0.4 is 0 Å². The van der Waals surface area contributed by atoms with Crippen molar-refractivity contribution in [1.82, 2.24) is 10.0 Å². The fourth-order valence-corrected chi connectivity index (χ4v) is 3.42. The Hall–Kier alpha value is -1.68. The highest BCUT2D eigenvalue weighted by Gasteiger charge is 2.47. The van der Waals surface area contributed by atoms with E-state index in [1.54, 1.807) is 12.1 Å². The van der Waals surface area contributed by atoms with Gasteiger partial charge < -0.3 is 5.01 Å². The Morgan fingerprint density at radius 3 is 2.95 bits per heavy atom. The lowest BCUT2D eigenvalue weighted by Gasteiger charge is -2.54. The number of fused-ring (bicyclic) bond motifs is 1. The van der Waals surface area contributed by atoms with Crippen LogP contribution >= 0.6 is 0 Å². The molecule has 0 amide bonds. The Morgan fingerprint density at radius 1 is 1.38 bits per heavy atom. The highest BCUT2D eigenvalue weighted by Crippen LogP contribution is 2.38. The molecule has 112 valence electrons. The molecule has 3 rings (SSSR count). The number of carbonyl (C=O) groups is 1. The molecule has 2 fully saturated rings. The summed E-state index contributed by atoms with van der Waals surface area (Å²) < 4.78 is 13.4. The van der Waals surface area contributed by atoms with Crippen LogP contribution in [0.5, 0.6) is 0 Å². The van der Waals surface area contributed by atoms with Gasteiger partial charge in [-0.2, -0.15) is 0 Å². The molecular formula is C17H21FN2O. The van der Waals surface area contributed by atoms with Crippen LogP contribution in [0.4, 0.5) is 4.39 Å². The molecule has 2 aliphatic rings. The maximum atomic E-state index is 13.4. The predicted molar refractivity (Wildman–Crippen MR) is 79.7 cm³/mol. The third-order valence-electron chi connectivity index (χ3n) is 4.70. The van der Waals surface area contributed by atoms with Crippen LogP contribution in [0.1, 0.15) is 38.2 Å². The Bertz CT molecular complexity index is 586. The number of ketones is 1. The molecule has 1 unspecified atom stereocenters. The summed E-state index contributed by atoms with van der Waals surface area (Å²) in [5, 5.41) is 4.23. The number of hydrogen-bond acceptors (Lipinski definition) is 3. The average molecular weight is 288 g/mol. The van der Waals surface area contributed by atoms with Crippen LogP contribution in [0.2, 0.25) is 0 Å². The van der Waals surface area contributed by atoms with Crippen LogP contribution in [0.25, 0.3) is 0 Å². The molecule has 4 heteroatoms. The van der Waals surface area contributed by atoms with Gasteiger partial charge in [0, 0.05) is 18.7 Å². The van der Waals surface area contributed by atoms with Crippen molar-refractivity contribution >= 4 is 5.78 Å². The molecule has 0 aromatic heterocycles. The lowest BCUT2D eigenvalue weighted by Crippen LogP contribution is -2.64. The molecular weight excluding hydrogens is 267 g/mol. The van der Waals surface area contributed by atoms with Crippen molar-refractivity contribution in [3.8, 4) is 0 Å². The SMILES string of the molecule is C=C1CC(=O)C2(C)CCCCN2N1Cc1cccc(F)c1. The zero-order chi connectivity index (χ0) is 15.0. The minimum Gasteiger partial charge on any atom is -0.305 e. The van der Waals surface area contributed by atoms with E-state index in [-0.39, 0.29) is 11.6 Å². The molecule has 2 saturated heterocycles. The van der Waals surface area contributed by atoms with E-state index in [1.165, 1.54) is 6.07 Å². The molecule has 0 saturated carbocycles. The summed E-state index contributed by atoms with van der Waals surface area (Å²) in [7, 11) is 0. The van der Waals surface area contributed by atoms with E-state index in [9.17, 15) is 9.18 Å². The summed E-state index contributed by atoms with van der Waals surface area (Å²) in [4.78, 5) is 12.4. The first kappa shape index (κ1) is 14.3. The van der Waals surface area contributed by atoms with Gasteiger partial charge in [-0.25, -0.2) is 9.40 Å². The van der Waals surface area contributed by atoms with Gasteiger partial charge in [-0.15, -0.1) is 0 Å². The predicted octanol–water partition coefficient (Wildman–Crippen LogP) is 3.27. The Morgan fingerprint density at radius 2 is 2.19 bits per heavy atom. The zero-order valence-corrected chi connectivity index (χ0v) is 12.4. The smallest absolute Gasteiger partial charge is 0.160 e. The second-order valence-corrected chi connectivity index (χ2v) is 6.21. The van der Waals surface area contributed by atoms with E-state index in [4.69, 9.17) is 0 Å². The fourth-order valence-electron chi connectivity index (χ4n) is 3.42. The van der Waals surface area contributed by atoms with Crippen molar-refractivity contribution in [2.75, 3.05) is 6.54 Å². The van der Waals surface area contributed by atoms with Crippen LogP contribution in [-0.4, -0.2) is 27.9 Å². The molecule has 0 spiro atoms. The topological polar surface area (TPSA) is 23.6 Å². The molecule has 0 aliphatic carbocycles. The van der Waals surface area contributed by atoms with Crippen molar-refractivity contribution in [3.05, 3.63) is 47.9 Å². The second-order valence-electron chi connectivity index (χ2n) is 6.21. The number of carbonyl (C=O) groups excluding carboxylic acids is 1. The number of benzene rings is 1. The summed E-state index contributed by atoms with van der Waals surface area (Å²) >= 11 is 0. The third kappa shape index (κ3) is 2.48. The number of piperidine rings is 1.